The molecule has 1 aliphatic carbocycles. The molecule has 1 N–H and O–H groups in total. The monoisotopic (exact) mass is 297 g/mol. The predicted octanol–water partition coefficient (Wildman–Crippen LogP) is 3.92. The van der Waals surface area contributed by atoms with Crippen molar-refractivity contribution in [3.05, 3.63) is 16.0 Å². The molecule has 0 radical (unpaired) electrons. The van der Waals surface area contributed by atoms with E-state index in [1.54, 1.807) is 0 Å². The summed E-state index contributed by atoms with van der Waals surface area (Å²) in [4.78, 5) is 9.36. The van der Waals surface area contributed by atoms with Crippen molar-refractivity contribution in [3.8, 4) is 0 Å². The van der Waals surface area contributed by atoms with Crippen LogP contribution >= 0.6 is 15.9 Å². The summed E-state index contributed by atoms with van der Waals surface area (Å²) in [5.41, 5.74) is 1.47. The van der Waals surface area contributed by atoms with Crippen LogP contribution in [0.3, 0.4) is 0 Å². The molecule has 0 bridgehead atoms. The van der Waals surface area contributed by atoms with Gasteiger partial charge in [0.25, 0.3) is 0 Å². The molecule has 1 saturated carbocycles. The van der Waals surface area contributed by atoms with E-state index in [9.17, 15) is 0 Å². The zero-order valence-electron chi connectivity index (χ0n) is 11.1. The second-order valence-electron chi connectivity index (χ2n) is 5.78. The lowest BCUT2D eigenvalue weighted by atomic mass is 10.1. The standard InChI is InChI=1S/C13H20BrN3/c1-7(2)10-9(14)12(15-5)17-11(16-10)8-6-13(8,3)4/h7-8H,6H2,1-5H3,(H,15,16,17). The Balaban J connectivity index is 2.45. The van der Waals surface area contributed by atoms with Crippen LogP contribution in [0.25, 0.3) is 0 Å². The first-order chi connectivity index (χ1) is 7.86. The summed E-state index contributed by atoms with van der Waals surface area (Å²) in [7, 11) is 1.90. The number of rotatable bonds is 3. The van der Waals surface area contributed by atoms with E-state index in [1.165, 1.54) is 6.42 Å². The summed E-state index contributed by atoms with van der Waals surface area (Å²) < 4.78 is 0.997. The Morgan fingerprint density at radius 1 is 1.35 bits per heavy atom. The average molecular weight is 298 g/mol. The lowest BCUT2D eigenvalue weighted by Crippen LogP contribution is -2.07. The zero-order valence-corrected chi connectivity index (χ0v) is 12.7. The molecule has 2 rings (SSSR count). The van der Waals surface area contributed by atoms with Crippen LogP contribution in [0.5, 0.6) is 0 Å². The normalized spacial score (nSPS) is 21.7. The second-order valence-corrected chi connectivity index (χ2v) is 6.57. The molecule has 0 amide bonds. The highest BCUT2D eigenvalue weighted by Crippen LogP contribution is 2.57. The maximum Gasteiger partial charge on any atom is 0.144 e. The summed E-state index contributed by atoms with van der Waals surface area (Å²) >= 11 is 3.59. The number of nitrogens with zero attached hydrogens (tertiary/aromatic N) is 2. The average Bonchev–Trinajstić information content (AvgIpc) is 2.87. The number of hydrogen-bond donors (Lipinski definition) is 1. The van der Waals surface area contributed by atoms with Crippen molar-refractivity contribution in [2.45, 2.75) is 46.0 Å². The molecule has 1 aliphatic rings. The van der Waals surface area contributed by atoms with Crippen LogP contribution in [0.2, 0.25) is 0 Å². The lowest BCUT2D eigenvalue weighted by molar-refractivity contribution is 0.605. The smallest absolute Gasteiger partial charge is 0.144 e. The summed E-state index contributed by atoms with van der Waals surface area (Å²) in [6.45, 7) is 8.87. The van der Waals surface area contributed by atoms with Crippen molar-refractivity contribution >= 4 is 21.7 Å². The van der Waals surface area contributed by atoms with Gasteiger partial charge in [0.15, 0.2) is 0 Å². The minimum atomic E-state index is 0.368. The molecule has 1 aromatic heterocycles. The Morgan fingerprint density at radius 3 is 2.35 bits per heavy atom. The van der Waals surface area contributed by atoms with Gasteiger partial charge in [0.2, 0.25) is 0 Å². The third-order valence-corrected chi connectivity index (χ3v) is 4.28. The second kappa shape index (κ2) is 4.23. The molecule has 1 atom stereocenters. The minimum Gasteiger partial charge on any atom is -0.372 e. The van der Waals surface area contributed by atoms with Crippen molar-refractivity contribution in [3.63, 3.8) is 0 Å². The summed E-state index contributed by atoms with van der Waals surface area (Å²) in [5.74, 6) is 2.81. The van der Waals surface area contributed by atoms with E-state index in [0.717, 1.165) is 21.8 Å². The van der Waals surface area contributed by atoms with Gasteiger partial charge in [-0.1, -0.05) is 27.7 Å². The molecule has 94 valence electrons. The van der Waals surface area contributed by atoms with E-state index < -0.39 is 0 Å². The SMILES string of the molecule is CNc1nc(C2CC2(C)C)nc(C(C)C)c1Br. The van der Waals surface area contributed by atoms with E-state index in [1.807, 2.05) is 7.05 Å². The molecule has 3 nitrogen and oxygen atoms in total. The van der Waals surface area contributed by atoms with E-state index >= 15 is 0 Å². The van der Waals surface area contributed by atoms with Gasteiger partial charge in [-0.15, -0.1) is 0 Å². The number of nitrogens with one attached hydrogen (secondary N) is 1. The van der Waals surface area contributed by atoms with Gasteiger partial charge >= 0.3 is 0 Å². The van der Waals surface area contributed by atoms with Crippen molar-refractivity contribution in [1.29, 1.82) is 0 Å². The molecule has 1 aromatic rings. The lowest BCUT2D eigenvalue weighted by Gasteiger charge is -2.14. The van der Waals surface area contributed by atoms with Crippen LogP contribution in [-0.4, -0.2) is 17.0 Å². The Bertz CT molecular complexity index is 441. The molecule has 17 heavy (non-hydrogen) atoms. The van der Waals surface area contributed by atoms with Crippen LogP contribution in [-0.2, 0) is 0 Å². The van der Waals surface area contributed by atoms with Crippen LogP contribution in [0.1, 0.15) is 57.5 Å². The van der Waals surface area contributed by atoms with Gasteiger partial charge in [-0.05, 0) is 33.7 Å². The first-order valence-electron chi connectivity index (χ1n) is 6.12. The van der Waals surface area contributed by atoms with Gasteiger partial charge in [0.1, 0.15) is 11.6 Å². The predicted molar refractivity (Wildman–Crippen MR) is 74.5 cm³/mol. The van der Waals surface area contributed by atoms with Gasteiger partial charge in [-0.2, -0.15) is 0 Å². The van der Waals surface area contributed by atoms with E-state index in [-0.39, 0.29) is 0 Å². The quantitative estimate of drug-likeness (QED) is 0.919. The molecular formula is C13H20BrN3. The third kappa shape index (κ3) is 2.32. The Hall–Kier alpha value is -0.640. The molecule has 0 saturated heterocycles. The van der Waals surface area contributed by atoms with Gasteiger partial charge in [0, 0.05) is 13.0 Å². The summed E-state index contributed by atoms with van der Waals surface area (Å²) in [5, 5.41) is 3.14. The van der Waals surface area contributed by atoms with Gasteiger partial charge < -0.3 is 5.32 Å². The highest BCUT2D eigenvalue weighted by atomic mass is 79.9. The summed E-state index contributed by atoms with van der Waals surface area (Å²) in [6.07, 6.45) is 1.19. The molecule has 1 heterocycles. The maximum absolute atomic E-state index is 4.74. The molecule has 1 unspecified atom stereocenters. The molecule has 0 spiro atoms. The highest BCUT2D eigenvalue weighted by molar-refractivity contribution is 9.10. The van der Waals surface area contributed by atoms with Gasteiger partial charge in [-0.25, -0.2) is 9.97 Å². The summed E-state index contributed by atoms with van der Waals surface area (Å²) in [6, 6.07) is 0. The minimum absolute atomic E-state index is 0.368. The molecule has 0 aromatic carbocycles. The van der Waals surface area contributed by atoms with Crippen LogP contribution < -0.4 is 5.32 Å². The first kappa shape index (κ1) is 12.8. The maximum atomic E-state index is 4.74. The Kier molecular flexibility index (Phi) is 3.19. The van der Waals surface area contributed by atoms with E-state index in [4.69, 9.17) is 4.98 Å². The van der Waals surface area contributed by atoms with Crippen LogP contribution in [0, 0.1) is 5.41 Å². The molecule has 4 heteroatoms. The molecular weight excluding hydrogens is 278 g/mol. The van der Waals surface area contributed by atoms with Crippen molar-refractivity contribution in [2.24, 2.45) is 5.41 Å². The fraction of sp³-hybridized carbons (Fsp3) is 0.692. The molecule has 1 fully saturated rings. The Morgan fingerprint density at radius 2 is 1.94 bits per heavy atom. The van der Waals surface area contributed by atoms with E-state index in [0.29, 0.717) is 17.3 Å². The van der Waals surface area contributed by atoms with Crippen molar-refractivity contribution in [2.75, 3.05) is 12.4 Å². The number of hydrogen-bond acceptors (Lipinski definition) is 3. The number of anilines is 1. The number of halogens is 1. The van der Waals surface area contributed by atoms with E-state index in [2.05, 4.69) is 53.9 Å². The first-order valence-corrected chi connectivity index (χ1v) is 6.91. The van der Waals surface area contributed by atoms with Crippen LogP contribution in [0.4, 0.5) is 5.82 Å². The number of aromatic nitrogens is 2. The largest absolute Gasteiger partial charge is 0.372 e. The third-order valence-electron chi connectivity index (χ3n) is 3.50. The van der Waals surface area contributed by atoms with Crippen LogP contribution in [0.15, 0.2) is 4.47 Å². The topological polar surface area (TPSA) is 37.8 Å². The zero-order chi connectivity index (χ0) is 12.8. The molecule has 0 aliphatic heterocycles. The highest BCUT2D eigenvalue weighted by Gasteiger charge is 2.48. The fourth-order valence-electron chi connectivity index (χ4n) is 2.09. The van der Waals surface area contributed by atoms with Crippen molar-refractivity contribution in [1.82, 2.24) is 9.97 Å². The Labute approximate surface area is 112 Å². The van der Waals surface area contributed by atoms with Crippen molar-refractivity contribution < 1.29 is 0 Å². The van der Waals surface area contributed by atoms with Gasteiger partial charge in [-0.3, -0.25) is 0 Å². The fourth-order valence-corrected chi connectivity index (χ4v) is 2.93. The van der Waals surface area contributed by atoms with Gasteiger partial charge in [0.05, 0.1) is 10.2 Å².